The van der Waals surface area contributed by atoms with E-state index in [0.29, 0.717) is 24.5 Å². The van der Waals surface area contributed by atoms with Gasteiger partial charge in [-0.3, -0.25) is 4.79 Å². The zero-order valence-electron chi connectivity index (χ0n) is 21.0. The zero-order chi connectivity index (χ0) is 24.7. The van der Waals surface area contributed by atoms with E-state index >= 15 is 0 Å². The second-order valence-electron chi connectivity index (χ2n) is 10.2. The molecule has 0 bridgehead atoms. The maximum atomic E-state index is 12.9. The van der Waals surface area contributed by atoms with E-state index in [0.717, 1.165) is 55.2 Å². The third-order valence-corrected chi connectivity index (χ3v) is 6.64. The van der Waals surface area contributed by atoms with E-state index < -0.39 is 6.04 Å². The van der Waals surface area contributed by atoms with Gasteiger partial charge in [-0.25, -0.2) is 0 Å². The van der Waals surface area contributed by atoms with Crippen LogP contribution in [0.5, 0.6) is 5.75 Å². The van der Waals surface area contributed by atoms with Gasteiger partial charge < -0.3 is 20.3 Å². The maximum Gasteiger partial charge on any atom is 0.239 e. The van der Waals surface area contributed by atoms with Crippen LogP contribution in [-0.2, 0) is 11.4 Å². The molecule has 2 N–H and O–H groups in total. The van der Waals surface area contributed by atoms with Gasteiger partial charge in [0, 0.05) is 36.4 Å². The number of benzene rings is 2. The van der Waals surface area contributed by atoms with Crippen molar-refractivity contribution in [2.75, 3.05) is 24.5 Å². The van der Waals surface area contributed by atoms with E-state index in [1.807, 2.05) is 41.3 Å². The second-order valence-corrected chi connectivity index (χ2v) is 10.7. The predicted molar refractivity (Wildman–Crippen MR) is 141 cm³/mol. The van der Waals surface area contributed by atoms with Crippen molar-refractivity contribution in [2.24, 2.45) is 17.6 Å². The molecule has 1 aliphatic heterocycles. The lowest BCUT2D eigenvalue weighted by Crippen LogP contribution is -2.45. The average molecular weight is 486 g/mol. The summed E-state index contributed by atoms with van der Waals surface area (Å²) in [5.41, 5.74) is 8.45. The normalized spacial score (nSPS) is 16.8. The van der Waals surface area contributed by atoms with Gasteiger partial charge in [0.25, 0.3) is 0 Å². The van der Waals surface area contributed by atoms with Crippen molar-refractivity contribution in [3.63, 3.8) is 0 Å². The van der Waals surface area contributed by atoms with Gasteiger partial charge in [-0.05, 0) is 73.1 Å². The largest absolute Gasteiger partial charge is 0.489 e. The van der Waals surface area contributed by atoms with E-state index in [-0.39, 0.29) is 5.91 Å². The summed E-state index contributed by atoms with van der Waals surface area (Å²) in [6, 6.07) is 15.9. The summed E-state index contributed by atoms with van der Waals surface area (Å²) in [6.45, 7) is 11.7. The molecule has 0 radical (unpaired) electrons. The Kier molecular flexibility index (Phi) is 9.66. The number of carbonyl (C=O) groups is 1. The highest BCUT2D eigenvalue weighted by Gasteiger charge is 2.32. The second kappa shape index (κ2) is 12.5. The third-order valence-electron chi connectivity index (χ3n) is 6.39. The fraction of sp³-hybridized carbons (Fsp3) is 0.536. The molecule has 186 valence electrons. The van der Waals surface area contributed by atoms with Crippen LogP contribution < -0.4 is 15.4 Å². The number of halogens is 1. The number of amides is 1. The standard InChI is InChI=1S/C28H40ClN3O2/c1-20(2)13-16-32(25-14-15-31(18-25)28(33)27(30)17-21(3)4)24-9-11-26(12-10-24)34-19-22-5-7-23(29)8-6-22/h5-12,20-21,25,27H,13-19,30H2,1-4H3/t25?,27-/m0/s1. The summed E-state index contributed by atoms with van der Waals surface area (Å²) >= 11 is 5.96. The fourth-order valence-corrected chi connectivity index (χ4v) is 4.57. The lowest BCUT2D eigenvalue weighted by atomic mass is 10.0. The van der Waals surface area contributed by atoms with Crippen LogP contribution in [0.25, 0.3) is 0 Å². The first-order chi connectivity index (χ1) is 16.2. The van der Waals surface area contributed by atoms with Crippen molar-refractivity contribution in [3.8, 4) is 5.75 Å². The van der Waals surface area contributed by atoms with E-state index in [4.69, 9.17) is 22.1 Å². The maximum absolute atomic E-state index is 12.9. The van der Waals surface area contributed by atoms with Gasteiger partial charge in [0.1, 0.15) is 12.4 Å². The molecule has 0 aliphatic carbocycles. The number of likely N-dealkylation sites (tertiary alicyclic amines) is 1. The molecule has 1 saturated heterocycles. The molecule has 2 aromatic rings. The van der Waals surface area contributed by atoms with Gasteiger partial charge in [-0.2, -0.15) is 0 Å². The minimum Gasteiger partial charge on any atom is -0.489 e. The number of hydrogen-bond donors (Lipinski definition) is 1. The Labute approximate surface area is 210 Å². The SMILES string of the molecule is CC(C)CCN(c1ccc(OCc2ccc(Cl)cc2)cc1)C1CCN(C(=O)[C@@H](N)CC(C)C)C1. The lowest BCUT2D eigenvalue weighted by molar-refractivity contribution is -0.131. The van der Waals surface area contributed by atoms with Crippen LogP contribution in [0.3, 0.4) is 0 Å². The first-order valence-corrected chi connectivity index (χ1v) is 12.9. The van der Waals surface area contributed by atoms with Crippen molar-refractivity contribution in [2.45, 2.75) is 65.6 Å². The Balaban J connectivity index is 1.64. The summed E-state index contributed by atoms with van der Waals surface area (Å²) in [4.78, 5) is 17.3. The molecule has 1 unspecified atom stereocenters. The molecule has 1 amide bonds. The van der Waals surface area contributed by atoms with Gasteiger partial charge in [-0.15, -0.1) is 0 Å². The number of nitrogens with zero attached hydrogens (tertiary/aromatic N) is 2. The molecular formula is C28H40ClN3O2. The van der Waals surface area contributed by atoms with Gasteiger partial charge in [0.2, 0.25) is 5.91 Å². The number of anilines is 1. The fourth-order valence-electron chi connectivity index (χ4n) is 4.44. The quantitative estimate of drug-likeness (QED) is 0.440. The van der Waals surface area contributed by atoms with Crippen LogP contribution in [0.4, 0.5) is 5.69 Å². The summed E-state index contributed by atoms with van der Waals surface area (Å²) in [6.07, 6.45) is 2.80. The Morgan fingerprint density at radius 1 is 1.09 bits per heavy atom. The molecule has 0 aromatic heterocycles. The van der Waals surface area contributed by atoms with Crippen LogP contribution in [0.1, 0.15) is 52.5 Å². The van der Waals surface area contributed by atoms with Crippen molar-refractivity contribution in [3.05, 3.63) is 59.1 Å². The van der Waals surface area contributed by atoms with E-state index in [1.54, 1.807) is 0 Å². The molecule has 0 saturated carbocycles. The van der Waals surface area contributed by atoms with Gasteiger partial charge >= 0.3 is 0 Å². The lowest BCUT2D eigenvalue weighted by Gasteiger charge is -2.32. The zero-order valence-corrected chi connectivity index (χ0v) is 21.8. The first kappa shape index (κ1) is 26.4. The number of rotatable bonds is 11. The molecule has 1 heterocycles. The van der Waals surface area contributed by atoms with Crippen LogP contribution in [0, 0.1) is 11.8 Å². The summed E-state index contributed by atoms with van der Waals surface area (Å²) in [5, 5.41) is 0.726. The summed E-state index contributed by atoms with van der Waals surface area (Å²) in [7, 11) is 0. The van der Waals surface area contributed by atoms with E-state index in [9.17, 15) is 4.79 Å². The number of carbonyl (C=O) groups excluding carboxylic acids is 1. The van der Waals surface area contributed by atoms with Crippen LogP contribution in [-0.4, -0.2) is 42.5 Å². The topological polar surface area (TPSA) is 58.8 Å². The Morgan fingerprint density at radius 3 is 2.38 bits per heavy atom. The summed E-state index contributed by atoms with van der Waals surface area (Å²) in [5.74, 6) is 1.96. The van der Waals surface area contributed by atoms with Gasteiger partial charge in [-0.1, -0.05) is 51.4 Å². The highest BCUT2D eigenvalue weighted by atomic mass is 35.5. The Bertz CT molecular complexity index is 899. The average Bonchev–Trinajstić information content (AvgIpc) is 3.28. The monoisotopic (exact) mass is 485 g/mol. The molecule has 1 aliphatic rings. The first-order valence-electron chi connectivity index (χ1n) is 12.5. The minimum absolute atomic E-state index is 0.0888. The molecule has 5 nitrogen and oxygen atoms in total. The molecule has 34 heavy (non-hydrogen) atoms. The summed E-state index contributed by atoms with van der Waals surface area (Å²) < 4.78 is 5.97. The molecular weight excluding hydrogens is 446 g/mol. The van der Waals surface area contributed by atoms with E-state index in [1.165, 1.54) is 5.69 Å². The smallest absolute Gasteiger partial charge is 0.239 e. The van der Waals surface area contributed by atoms with Crippen molar-refractivity contribution in [1.29, 1.82) is 0 Å². The van der Waals surface area contributed by atoms with Crippen LogP contribution >= 0.6 is 11.6 Å². The number of hydrogen-bond acceptors (Lipinski definition) is 4. The Hall–Kier alpha value is -2.24. The Morgan fingerprint density at radius 2 is 1.76 bits per heavy atom. The molecule has 3 rings (SSSR count). The highest BCUT2D eigenvalue weighted by Crippen LogP contribution is 2.27. The van der Waals surface area contributed by atoms with Gasteiger partial charge in [0.05, 0.1) is 6.04 Å². The molecule has 1 fully saturated rings. The van der Waals surface area contributed by atoms with Crippen molar-refractivity contribution < 1.29 is 9.53 Å². The molecule has 6 heteroatoms. The van der Waals surface area contributed by atoms with Crippen LogP contribution in [0.15, 0.2) is 48.5 Å². The van der Waals surface area contributed by atoms with Crippen molar-refractivity contribution >= 4 is 23.2 Å². The van der Waals surface area contributed by atoms with Gasteiger partial charge in [0.15, 0.2) is 0 Å². The third kappa shape index (κ3) is 7.64. The van der Waals surface area contributed by atoms with Crippen molar-refractivity contribution in [1.82, 2.24) is 4.90 Å². The number of nitrogens with two attached hydrogens (primary N) is 1. The molecule has 0 spiro atoms. The minimum atomic E-state index is -0.403. The highest BCUT2D eigenvalue weighted by molar-refractivity contribution is 6.30. The van der Waals surface area contributed by atoms with E-state index in [2.05, 4.69) is 44.7 Å². The van der Waals surface area contributed by atoms with Crippen LogP contribution in [0.2, 0.25) is 5.02 Å². The number of ether oxygens (including phenoxy) is 1. The molecule has 2 aromatic carbocycles. The molecule has 2 atom stereocenters. The predicted octanol–water partition coefficient (Wildman–Crippen LogP) is 5.75.